The molecule has 3 aromatic rings. The average molecular weight is 465 g/mol. The van der Waals surface area contributed by atoms with Crippen LogP contribution in [-0.4, -0.2) is 0 Å². The van der Waals surface area contributed by atoms with Crippen LogP contribution < -0.4 is 11.5 Å². The predicted molar refractivity (Wildman–Crippen MR) is 150 cm³/mol. The second-order valence-corrected chi connectivity index (χ2v) is 9.92. The van der Waals surface area contributed by atoms with Gasteiger partial charge in [-0.15, -0.1) is 0 Å². The van der Waals surface area contributed by atoms with E-state index in [4.69, 9.17) is 11.5 Å². The van der Waals surface area contributed by atoms with E-state index < -0.39 is 0 Å². The molecule has 1 atom stereocenters. The van der Waals surface area contributed by atoms with E-state index in [1.807, 2.05) is 48.6 Å². The molecule has 0 heterocycles. The third-order valence-corrected chi connectivity index (χ3v) is 7.34. The summed E-state index contributed by atoms with van der Waals surface area (Å²) in [6.07, 6.45) is 15.4. The zero-order valence-corrected chi connectivity index (χ0v) is 21.4. The Balaban J connectivity index is 0.000000179. The lowest BCUT2D eigenvalue weighted by molar-refractivity contribution is 0.562. The Morgan fingerprint density at radius 1 is 0.800 bits per heavy atom. The van der Waals surface area contributed by atoms with Gasteiger partial charge in [0.1, 0.15) is 0 Å². The van der Waals surface area contributed by atoms with E-state index >= 15 is 0 Å². The Morgan fingerprint density at radius 3 is 2.23 bits per heavy atom. The molecule has 0 amide bonds. The molecule has 2 nitrogen and oxygen atoms in total. The van der Waals surface area contributed by atoms with E-state index in [0.717, 1.165) is 24.1 Å². The highest BCUT2D eigenvalue weighted by atomic mass is 14.7. The molecular weight excluding hydrogens is 424 g/mol. The maximum atomic E-state index is 6.26. The van der Waals surface area contributed by atoms with Gasteiger partial charge in [0.15, 0.2) is 0 Å². The van der Waals surface area contributed by atoms with Gasteiger partial charge in [0.25, 0.3) is 0 Å². The molecule has 182 valence electrons. The van der Waals surface area contributed by atoms with Crippen molar-refractivity contribution in [1.29, 1.82) is 0 Å². The van der Waals surface area contributed by atoms with Gasteiger partial charge < -0.3 is 11.5 Å². The molecule has 0 aromatic heterocycles. The number of allylic oxidation sites excluding steroid dienone is 1. The van der Waals surface area contributed by atoms with Crippen molar-refractivity contribution in [3.05, 3.63) is 118 Å². The van der Waals surface area contributed by atoms with E-state index in [1.165, 1.54) is 55.2 Å². The number of nitrogens with two attached hydrogens (primary N) is 2. The molecule has 5 rings (SSSR count). The molecule has 35 heavy (non-hydrogen) atoms. The summed E-state index contributed by atoms with van der Waals surface area (Å²) >= 11 is 0. The van der Waals surface area contributed by atoms with Crippen LogP contribution in [0.4, 0.5) is 0 Å². The number of fused-ring (bicyclic) bond motifs is 3. The van der Waals surface area contributed by atoms with Crippen molar-refractivity contribution in [2.45, 2.75) is 70.8 Å². The van der Waals surface area contributed by atoms with E-state index in [2.05, 4.69) is 50.2 Å². The van der Waals surface area contributed by atoms with Gasteiger partial charge in [0.05, 0.1) is 5.54 Å². The average Bonchev–Trinajstić information content (AvgIpc) is 3.28. The third kappa shape index (κ3) is 5.77. The van der Waals surface area contributed by atoms with Crippen LogP contribution in [0.15, 0.2) is 90.7 Å². The van der Waals surface area contributed by atoms with Crippen LogP contribution in [0.5, 0.6) is 0 Å². The summed E-state index contributed by atoms with van der Waals surface area (Å²) in [7, 11) is 0. The largest absolute Gasteiger partial charge is 0.399 e. The molecule has 2 aliphatic carbocycles. The minimum absolute atomic E-state index is 0.385. The zero-order chi connectivity index (χ0) is 24.7. The van der Waals surface area contributed by atoms with Crippen LogP contribution in [-0.2, 0) is 24.8 Å². The maximum Gasteiger partial charge on any atom is 0.0634 e. The molecule has 0 fully saturated rings. The molecule has 4 N–H and O–H groups in total. The third-order valence-electron chi connectivity index (χ3n) is 7.34. The van der Waals surface area contributed by atoms with Crippen LogP contribution in [0, 0.1) is 0 Å². The Bertz CT molecular complexity index is 1190. The first kappa shape index (κ1) is 25.0. The summed E-state index contributed by atoms with van der Waals surface area (Å²) in [5, 5.41) is 0. The van der Waals surface area contributed by atoms with E-state index in [0.29, 0.717) is 0 Å². The van der Waals surface area contributed by atoms with Gasteiger partial charge in [-0.1, -0.05) is 106 Å². The molecule has 1 unspecified atom stereocenters. The first-order chi connectivity index (χ1) is 17.1. The fraction of sp³-hybridized carbons (Fsp3) is 0.333. The summed E-state index contributed by atoms with van der Waals surface area (Å²) in [5.41, 5.74) is 22.8. The van der Waals surface area contributed by atoms with Gasteiger partial charge in [-0.2, -0.15) is 0 Å². The van der Waals surface area contributed by atoms with Crippen molar-refractivity contribution in [3.8, 4) is 11.1 Å². The molecule has 0 radical (unpaired) electrons. The molecule has 2 aliphatic rings. The van der Waals surface area contributed by atoms with E-state index in [-0.39, 0.29) is 5.54 Å². The van der Waals surface area contributed by atoms with Crippen molar-refractivity contribution in [2.24, 2.45) is 11.5 Å². The van der Waals surface area contributed by atoms with Gasteiger partial charge in [-0.25, -0.2) is 0 Å². The lowest BCUT2D eigenvalue weighted by atomic mass is 9.84. The number of unbranched alkanes of at least 4 members (excludes halogenated alkanes) is 2. The van der Waals surface area contributed by atoms with Gasteiger partial charge in [-0.3, -0.25) is 0 Å². The molecule has 0 spiro atoms. The molecule has 0 saturated heterocycles. The fourth-order valence-electron chi connectivity index (χ4n) is 5.22. The summed E-state index contributed by atoms with van der Waals surface area (Å²) < 4.78 is 0. The van der Waals surface area contributed by atoms with Crippen molar-refractivity contribution >= 4 is 0 Å². The number of aryl methyl sites for hydroxylation is 1. The van der Waals surface area contributed by atoms with Gasteiger partial charge in [0.2, 0.25) is 0 Å². The topological polar surface area (TPSA) is 52.0 Å². The SMILES string of the molecule is CCCCc1ccc2c(c1CCCC)Cc1ccccc1-2.NC1=CCC(N)(c2ccccc2)C=C1. The molecule has 3 aromatic carbocycles. The highest BCUT2D eigenvalue weighted by Gasteiger charge is 2.24. The molecule has 0 bridgehead atoms. The van der Waals surface area contributed by atoms with Gasteiger partial charge in [0, 0.05) is 5.70 Å². The molecule has 0 aliphatic heterocycles. The lowest BCUT2D eigenvalue weighted by Gasteiger charge is -2.27. The van der Waals surface area contributed by atoms with Crippen LogP contribution in [0.2, 0.25) is 0 Å². The lowest BCUT2D eigenvalue weighted by Crippen LogP contribution is -2.35. The number of hydrogen-bond acceptors (Lipinski definition) is 2. The Morgan fingerprint density at radius 2 is 1.51 bits per heavy atom. The second kappa shape index (κ2) is 11.6. The second-order valence-electron chi connectivity index (χ2n) is 9.92. The minimum atomic E-state index is -0.385. The Kier molecular flexibility index (Phi) is 8.25. The molecular formula is C33H40N2. The quantitative estimate of drug-likeness (QED) is 0.296. The monoisotopic (exact) mass is 464 g/mol. The van der Waals surface area contributed by atoms with Crippen molar-refractivity contribution in [3.63, 3.8) is 0 Å². The highest BCUT2D eigenvalue weighted by Crippen LogP contribution is 2.40. The molecule has 0 saturated carbocycles. The standard InChI is InChI=1S/C21H26.C12H14N2/c1-3-5-9-16-13-14-20-19-12-8-7-10-17(19)15-21(20)18(16)11-6-4-2;13-11-6-8-12(14,9-7-11)10-4-2-1-3-5-10/h7-8,10,12-14H,3-6,9,11,15H2,1-2H3;1-8H,9,13-14H2. The number of benzene rings is 3. The van der Waals surface area contributed by atoms with Gasteiger partial charge in [-0.05, 0) is 83.5 Å². The maximum absolute atomic E-state index is 6.26. The summed E-state index contributed by atoms with van der Waals surface area (Å²) in [4.78, 5) is 0. The summed E-state index contributed by atoms with van der Waals surface area (Å²) in [5.74, 6) is 0. The van der Waals surface area contributed by atoms with Crippen LogP contribution in [0.3, 0.4) is 0 Å². The van der Waals surface area contributed by atoms with Crippen molar-refractivity contribution in [2.75, 3.05) is 0 Å². The predicted octanol–water partition coefficient (Wildman–Crippen LogP) is 7.59. The van der Waals surface area contributed by atoms with Gasteiger partial charge >= 0.3 is 0 Å². The fourth-order valence-corrected chi connectivity index (χ4v) is 5.22. The summed E-state index contributed by atoms with van der Waals surface area (Å²) in [6, 6.07) is 23.8. The van der Waals surface area contributed by atoms with E-state index in [1.54, 1.807) is 16.7 Å². The number of rotatable bonds is 7. The normalized spacial score (nSPS) is 17.7. The zero-order valence-electron chi connectivity index (χ0n) is 21.4. The molecule has 2 heteroatoms. The first-order valence-corrected chi connectivity index (χ1v) is 13.3. The minimum Gasteiger partial charge on any atom is -0.399 e. The van der Waals surface area contributed by atoms with Crippen LogP contribution in [0.25, 0.3) is 11.1 Å². The smallest absolute Gasteiger partial charge is 0.0634 e. The van der Waals surface area contributed by atoms with E-state index in [9.17, 15) is 0 Å². The van der Waals surface area contributed by atoms with Crippen LogP contribution >= 0.6 is 0 Å². The number of hydrogen-bond donors (Lipinski definition) is 2. The van der Waals surface area contributed by atoms with Crippen molar-refractivity contribution in [1.82, 2.24) is 0 Å². The first-order valence-electron chi connectivity index (χ1n) is 13.3. The van der Waals surface area contributed by atoms with Crippen LogP contribution in [0.1, 0.15) is 73.8 Å². The van der Waals surface area contributed by atoms with Crippen molar-refractivity contribution < 1.29 is 0 Å². The summed E-state index contributed by atoms with van der Waals surface area (Å²) in [6.45, 7) is 4.58. The highest BCUT2D eigenvalue weighted by molar-refractivity contribution is 5.78. The Labute approximate surface area is 211 Å². The Hall–Kier alpha value is -3.10.